The Hall–Kier alpha value is -2.67. The maximum atomic E-state index is 12.6. The van der Waals surface area contributed by atoms with E-state index < -0.39 is 0 Å². The van der Waals surface area contributed by atoms with Crippen molar-refractivity contribution in [2.24, 2.45) is 0 Å². The highest BCUT2D eigenvalue weighted by atomic mass is 16.5. The second-order valence-corrected chi connectivity index (χ2v) is 6.04. The van der Waals surface area contributed by atoms with Crippen molar-refractivity contribution in [3.63, 3.8) is 0 Å². The quantitative estimate of drug-likeness (QED) is 0.831. The molecule has 7 nitrogen and oxygen atoms in total. The fourth-order valence-corrected chi connectivity index (χ4v) is 2.80. The molecule has 25 heavy (non-hydrogen) atoms. The standard InChI is InChI=1S/C18H22N4O3/c1-13(23)19-9-14-11-22(12-21-14)17-7-3-2-6-16(17)18(24)20-10-15-5-4-8-25-15/h2-3,6-7,11-12,15H,4-5,8-10H2,1H3,(H,19,23)(H,20,24)/t15-/m1/s1. The van der Waals surface area contributed by atoms with Gasteiger partial charge in [-0.15, -0.1) is 0 Å². The normalized spacial score (nSPS) is 16.6. The fraction of sp³-hybridized carbons (Fsp3) is 0.389. The highest BCUT2D eigenvalue weighted by molar-refractivity contribution is 5.97. The van der Waals surface area contributed by atoms with Gasteiger partial charge in [-0.05, 0) is 25.0 Å². The molecule has 1 aromatic heterocycles. The van der Waals surface area contributed by atoms with E-state index in [4.69, 9.17) is 4.74 Å². The first kappa shape index (κ1) is 17.2. The number of para-hydroxylation sites is 1. The minimum atomic E-state index is -0.136. The first-order chi connectivity index (χ1) is 12.1. The van der Waals surface area contributed by atoms with Crippen LogP contribution < -0.4 is 10.6 Å². The Kier molecular flexibility index (Phi) is 5.45. The summed E-state index contributed by atoms with van der Waals surface area (Å²) in [5.74, 6) is -0.244. The van der Waals surface area contributed by atoms with E-state index in [0.717, 1.165) is 30.8 Å². The summed E-state index contributed by atoms with van der Waals surface area (Å²) in [5, 5.41) is 5.65. The van der Waals surface area contributed by atoms with Crippen molar-refractivity contribution in [1.29, 1.82) is 0 Å². The average Bonchev–Trinajstić information content (AvgIpc) is 3.29. The number of carbonyl (C=O) groups excluding carboxylic acids is 2. The zero-order valence-corrected chi connectivity index (χ0v) is 14.2. The Morgan fingerprint density at radius 3 is 2.92 bits per heavy atom. The molecule has 1 aromatic carbocycles. The molecule has 2 amide bonds. The highest BCUT2D eigenvalue weighted by Gasteiger charge is 2.18. The van der Waals surface area contributed by atoms with Gasteiger partial charge in [-0.2, -0.15) is 0 Å². The minimum absolute atomic E-state index is 0.105. The van der Waals surface area contributed by atoms with E-state index in [1.165, 1.54) is 6.92 Å². The fourth-order valence-electron chi connectivity index (χ4n) is 2.80. The lowest BCUT2D eigenvalue weighted by atomic mass is 10.1. The Morgan fingerprint density at radius 2 is 2.16 bits per heavy atom. The number of rotatable bonds is 6. The number of ether oxygens (including phenoxy) is 1. The third kappa shape index (κ3) is 4.45. The molecule has 0 radical (unpaired) electrons. The second kappa shape index (κ2) is 7.94. The van der Waals surface area contributed by atoms with Gasteiger partial charge in [-0.1, -0.05) is 12.1 Å². The molecule has 1 aliphatic rings. The van der Waals surface area contributed by atoms with Crippen LogP contribution in [0.25, 0.3) is 5.69 Å². The Bertz CT molecular complexity index is 750. The molecule has 1 fully saturated rings. The van der Waals surface area contributed by atoms with Crippen LogP contribution in [0.2, 0.25) is 0 Å². The lowest BCUT2D eigenvalue weighted by Crippen LogP contribution is -2.32. The molecule has 132 valence electrons. The van der Waals surface area contributed by atoms with E-state index >= 15 is 0 Å². The largest absolute Gasteiger partial charge is 0.376 e. The van der Waals surface area contributed by atoms with Gasteiger partial charge < -0.3 is 19.9 Å². The molecule has 2 aromatic rings. The van der Waals surface area contributed by atoms with Gasteiger partial charge in [0.15, 0.2) is 0 Å². The summed E-state index contributed by atoms with van der Waals surface area (Å²) in [6.45, 7) is 3.11. The van der Waals surface area contributed by atoms with Crippen LogP contribution in [-0.2, 0) is 16.1 Å². The van der Waals surface area contributed by atoms with Gasteiger partial charge in [0.05, 0.1) is 35.9 Å². The van der Waals surface area contributed by atoms with Crippen molar-refractivity contribution in [3.8, 4) is 5.69 Å². The van der Waals surface area contributed by atoms with Gasteiger partial charge in [0, 0.05) is 26.3 Å². The zero-order valence-electron chi connectivity index (χ0n) is 14.2. The molecule has 2 N–H and O–H groups in total. The molecule has 3 rings (SSSR count). The van der Waals surface area contributed by atoms with Crippen LogP contribution in [0, 0.1) is 0 Å². The molecule has 2 heterocycles. The zero-order chi connectivity index (χ0) is 17.6. The maximum absolute atomic E-state index is 12.6. The first-order valence-electron chi connectivity index (χ1n) is 8.40. The van der Waals surface area contributed by atoms with Crippen molar-refractivity contribution in [2.45, 2.75) is 32.4 Å². The predicted octanol–water partition coefficient (Wildman–Crippen LogP) is 1.42. The summed E-state index contributed by atoms with van der Waals surface area (Å²) in [5.41, 5.74) is 2.04. The van der Waals surface area contributed by atoms with E-state index in [2.05, 4.69) is 15.6 Å². The van der Waals surface area contributed by atoms with Crippen LogP contribution >= 0.6 is 0 Å². The molecule has 0 aliphatic carbocycles. The Morgan fingerprint density at radius 1 is 1.32 bits per heavy atom. The number of amides is 2. The second-order valence-electron chi connectivity index (χ2n) is 6.04. The summed E-state index contributed by atoms with van der Waals surface area (Å²) in [4.78, 5) is 27.8. The van der Waals surface area contributed by atoms with Gasteiger partial charge >= 0.3 is 0 Å². The third-order valence-electron chi connectivity index (χ3n) is 4.10. The first-order valence-corrected chi connectivity index (χ1v) is 8.40. The molecule has 0 saturated carbocycles. The monoisotopic (exact) mass is 342 g/mol. The van der Waals surface area contributed by atoms with Crippen LogP contribution in [0.1, 0.15) is 35.8 Å². The maximum Gasteiger partial charge on any atom is 0.253 e. The van der Waals surface area contributed by atoms with E-state index in [1.807, 2.05) is 24.4 Å². The summed E-state index contributed by atoms with van der Waals surface area (Å²) < 4.78 is 7.33. The number of aromatic nitrogens is 2. The third-order valence-corrected chi connectivity index (χ3v) is 4.10. The molecule has 0 bridgehead atoms. The van der Waals surface area contributed by atoms with Gasteiger partial charge in [-0.3, -0.25) is 9.59 Å². The summed E-state index contributed by atoms with van der Waals surface area (Å²) >= 11 is 0. The van der Waals surface area contributed by atoms with Crippen LogP contribution in [0.15, 0.2) is 36.8 Å². The number of nitrogens with zero attached hydrogens (tertiary/aromatic N) is 2. The molecular weight excluding hydrogens is 320 g/mol. The molecule has 0 spiro atoms. The number of carbonyl (C=O) groups is 2. The smallest absolute Gasteiger partial charge is 0.253 e. The molecular formula is C18H22N4O3. The number of imidazole rings is 1. The van der Waals surface area contributed by atoms with Gasteiger partial charge in [-0.25, -0.2) is 4.98 Å². The van der Waals surface area contributed by atoms with Crippen LogP contribution in [0.3, 0.4) is 0 Å². The van der Waals surface area contributed by atoms with E-state index in [9.17, 15) is 9.59 Å². The summed E-state index contributed by atoms with van der Waals surface area (Å²) in [6.07, 6.45) is 5.58. The van der Waals surface area contributed by atoms with Gasteiger partial charge in [0.2, 0.25) is 5.91 Å². The highest BCUT2D eigenvalue weighted by Crippen LogP contribution is 2.16. The van der Waals surface area contributed by atoms with Gasteiger partial charge in [0.25, 0.3) is 5.91 Å². The van der Waals surface area contributed by atoms with Crippen LogP contribution in [0.4, 0.5) is 0 Å². The van der Waals surface area contributed by atoms with E-state index in [-0.39, 0.29) is 17.9 Å². The SMILES string of the molecule is CC(=O)NCc1cn(-c2ccccc2C(=O)NC[C@H]2CCCO2)cn1. The van der Waals surface area contributed by atoms with Crippen molar-refractivity contribution < 1.29 is 14.3 Å². The lowest BCUT2D eigenvalue weighted by molar-refractivity contribution is -0.119. The Labute approximate surface area is 146 Å². The van der Waals surface area contributed by atoms with Crippen LogP contribution in [0.5, 0.6) is 0 Å². The van der Waals surface area contributed by atoms with Crippen molar-refractivity contribution >= 4 is 11.8 Å². The lowest BCUT2D eigenvalue weighted by Gasteiger charge is -2.13. The van der Waals surface area contributed by atoms with Crippen molar-refractivity contribution in [2.75, 3.05) is 13.2 Å². The summed E-state index contributed by atoms with van der Waals surface area (Å²) in [7, 11) is 0. The summed E-state index contributed by atoms with van der Waals surface area (Å²) in [6, 6.07) is 7.36. The van der Waals surface area contributed by atoms with Crippen molar-refractivity contribution in [1.82, 2.24) is 20.2 Å². The molecule has 1 aliphatic heterocycles. The molecule has 1 atom stereocenters. The average molecular weight is 342 g/mol. The Balaban J connectivity index is 1.71. The molecule has 0 unspecified atom stereocenters. The van der Waals surface area contributed by atoms with Crippen molar-refractivity contribution in [3.05, 3.63) is 48.0 Å². The van der Waals surface area contributed by atoms with Crippen LogP contribution in [-0.4, -0.2) is 40.6 Å². The molecule has 7 heteroatoms. The predicted molar refractivity (Wildman–Crippen MR) is 92.4 cm³/mol. The van der Waals surface area contributed by atoms with E-state index in [0.29, 0.717) is 18.7 Å². The topological polar surface area (TPSA) is 85.2 Å². The minimum Gasteiger partial charge on any atom is -0.376 e. The van der Waals surface area contributed by atoms with E-state index in [1.54, 1.807) is 17.0 Å². The molecule has 1 saturated heterocycles. The number of nitrogens with one attached hydrogen (secondary N) is 2. The number of hydrogen-bond donors (Lipinski definition) is 2. The number of hydrogen-bond acceptors (Lipinski definition) is 4. The van der Waals surface area contributed by atoms with Gasteiger partial charge in [0.1, 0.15) is 0 Å². The number of benzene rings is 1.